The van der Waals surface area contributed by atoms with E-state index < -0.39 is 5.97 Å². The molecule has 0 radical (unpaired) electrons. The molecule has 0 spiro atoms. The van der Waals surface area contributed by atoms with Gasteiger partial charge in [0.15, 0.2) is 0 Å². The molecule has 2 N–H and O–H groups in total. The first-order valence-corrected chi connectivity index (χ1v) is 8.29. The minimum Gasteiger partial charge on any atom is -0.481 e. The molecular weight excluding hydrogens is 268 g/mol. The Labute approximate surface area is 127 Å². The SMILES string of the molecule is CCC1(C(=O)N2CCCC(CCC(=O)O)C2)CCCNC1. The van der Waals surface area contributed by atoms with Gasteiger partial charge in [-0.15, -0.1) is 0 Å². The molecular formula is C16H28N2O3. The van der Waals surface area contributed by atoms with Crippen molar-refractivity contribution >= 4 is 11.9 Å². The van der Waals surface area contributed by atoms with Crippen molar-refractivity contribution in [3.63, 3.8) is 0 Å². The van der Waals surface area contributed by atoms with E-state index in [-0.39, 0.29) is 17.7 Å². The van der Waals surface area contributed by atoms with Crippen molar-refractivity contribution in [3.8, 4) is 0 Å². The number of hydrogen-bond acceptors (Lipinski definition) is 3. The lowest BCUT2D eigenvalue weighted by Gasteiger charge is -2.42. The van der Waals surface area contributed by atoms with Gasteiger partial charge in [-0.3, -0.25) is 9.59 Å². The Bertz CT molecular complexity index is 378. The maximum absolute atomic E-state index is 13.0. The lowest BCUT2D eigenvalue weighted by atomic mass is 9.76. The molecule has 0 aromatic carbocycles. The molecule has 1 amide bonds. The van der Waals surface area contributed by atoms with Crippen LogP contribution < -0.4 is 5.32 Å². The second-order valence-electron chi connectivity index (χ2n) is 6.61. The molecule has 2 saturated heterocycles. The molecule has 5 nitrogen and oxygen atoms in total. The van der Waals surface area contributed by atoms with Crippen LogP contribution in [0.3, 0.4) is 0 Å². The quantitative estimate of drug-likeness (QED) is 0.812. The largest absolute Gasteiger partial charge is 0.481 e. The average molecular weight is 296 g/mol. The van der Waals surface area contributed by atoms with Crippen molar-refractivity contribution in [3.05, 3.63) is 0 Å². The van der Waals surface area contributed by atoms with Crippen LogP contribution in [0.25, 0.3) is 0 Å². The fraction of sp³-hybridized carbons (Fsp3) is 0.875. The van der Waals surface area contributed by atoms with E-state index in [0.29, 0.717) is 12.3 Å². The van der Waals surface area contributed by atoms with Crippen molar-refractivity contribution in [1.82, 2.24) is 10.2 Å². The Kier molecular flexibility index (Phi) is 5.62. The Hall–Kier alpha value is -1.10. The van der Waals surface area contributed by atoms with Gasteiger partial charge >= 0.3 is 5.97 Å². The molecule has 0 aliphatic carbocycles. The molecule has 0 aromatic rings. The van der Waals surface area contributed by atoms with E-state index in [1.165, 1.54) is 0 Å². The van der Waals surface area contributed by atoms with Gasteiger partial charge in [0.05, 0.1) is 5.41 Å². The Balaban J connectivity index is 1.95. The van der Waals surface area contributed by atoms with Crippen LogP contribution in [0.5, 0.6) is 0 Å². The molecule has 5 heteroatoms. The van der Waals surface area contributed by atoms with Crippen LogP contribution in [0.1, 0.15) is 51.9 Å². The molecule has 2 heterocycles. The number of piperidine rings is 2. The molecule has 0 bridgehead atoms. The minimum absolute atomic E-state index is 0.215. The number of carboxylic acid groups (broad SMARTS) is 1. The third-order valence-electron chi connectivity index (χ3n) is 5.18. The van der Waals surface area contributed by atoms with E-state index in [9.17, 15) is 9.59 Å². The molecule has 2 atom stereocenters. The smallest absolute Gasteiger partial charge is 0.303 e. The maximum Gasteiger partial charge on any atom is 0.303 e. The van der Waals surface area contributed by atoms with Crippen molar-refractivity contribution in [2.24, 2.45) is 11.3 Å². The summed E-state index contributed by atoms with van der Waals surface area (Å²) in [7, 11) is 0. The Morgan fingerprint density at radius 2 is 2.19 bits per heavy atom. The predicted octanol–water partition coefficient (Wildman–Crippen LogP) is 1.87. The number of aliphatic carboxylic acids is 1. The van der Waals surface area contributed by atoms with Gasteiger partial charge in [-0.2, -0.15) is 0 Å². The summed E-state index contributed by atoms with van der Waals surface area (Å²) in [5.74, 6) is -0.0959. The zero-order valence-electron chi connectivity index (χ0n) is 13.1. The third-order valence-corrected chi connectivity index (χ3v) is 5.18. The number of rotatable bonds is 5. The van der Waals surface area contributed by atoms with Crippen LogP contribution in [0.4, 0.5) is 0 Å². The standard InChI is InChI=1S/C16H28N2O3/c1-2-16(8-4-9-17-12-16)15(21)18-10-3-5-13(11-18)6-7-14(19)20/h13,17H,2-12H2,1H3,(H,19,20). The zero-order chi connectivity index (χ0) is 15.3. The molecule has 2 unspecified atom stereocenters. The van der Waals surface area contributed by atoms with Crippen LogP contribution in [-0.2, 0) is 9.59 Å². The lowest BCUT2D eigenvalue weighted by molar-refractivity contribution is -0.145. The normalized spacial score (nSPS) is 30.1. The van der Waals surface area contributed by atoms with Gasteiger partial charge in [0, 0.05) is 26.1 Å². The first-order valence-electron chi connectivity index (χ1n) is 8.29. The highest BCUT2D eigenvalue weighted by Crippen LogP contribution is 2.34. The van der Waals surface area contributed by atoms with Crippen LogP contribution >= 0.6 is 0 Å². The van der Waals surface area contributed by atoms with Crippen molar-refractivity contribution in [1.29, 1.82) is 0 Å². The Morgan fingerprint density at radius 1 is 1.38 bits per heavy atom. The molecule has 120 valence electrons. The Morgan fingerprint density at radius 3 is 2.81 bits per heavy atom. The van der Waals surface area contributed by atoms with Crippen LogP contribution in [0.2, 0.25) is 0 Å². The van der Waals surface area contributed by atoms with E-state index in [0.717, 1.165) is 58.3 Å². The summed E-state index contributed by atoms with van der Waals surface area (Å²) in [4.78, 5) is 25.7. The van der Waals surface area contributed by atoms with E-state index in [4.69, 9.17) is 5.11 Å². The molecule has 2 aliphatic rings. The number of carbonyl (C=O) groups excluding carboxylic acids is 1. The molecule has 2 rings (SSSR count). The summed E-state index contributed by atoms with van der Waals surface area (Å²) >= 11 is 0. The fourth-order valence-electron chi connectivity index (χ4n) is 3.75. The fourth-order valence-corrected chi connectivity index (χ4v) is 3.75. The van der Waals surface area contributed by atoms with E-state index in [2.05, 4.69) is 12.2 Å². The van der Waals surface area contributed by atoms with Gasteiger partial charge in [0.1, 0.15) is 0 Å². The second kappa shape index (κ2) is 7.25. The number of nitrogens with one attached hydrogen (secondary N) is 1. The van der Waals surface area contributed by atoms with Gasteiger partial charge in [0.25, 0.3) is 0 Å². The summed E-state index contributed by atoms with van der Waals surface area (Å²) in [6.45, 7) is 5.49. The molecule has 0 aromatic heterocycles. The molecule has 2 fully saturated rings. The summed E-state index contributed by atoms with van der Waals surface area (Å²) in [6, 6.07) is 0. The summed E-state index contributed by atoms with van der Waals surface area (Å²) in [5, 5.41) is 12.2. The average Bonchev–Trinajstić information content (AvgIpc) is 2.53. The number of likely N-dealkylation sites (tertiary alicyclic amines) is 1. The van der Waals surface area contributed by atoms with E-state index in [1.807, 2.05) is 4.90 Å². The molecule has 21 heavy (non-hydrogen) atoms. The van der Waals surface area contributed by atoms with Gasteiger partial charge < -0.3 is 15.3 Å². The highest BCUT2D eigenvalue weighted by molar-refractivity contribution is 5.83. The number of carbonyl (C=O) groups is 2. The van der Waals surface area contributed by atoms with Gasteiger partial charge in [-0.1, -0.05) is 6.92 Å². The van der Waals surface area contributed by atoms with Crippen molar-refractivity contribution < 1.29 is 14.7 Å². The van der Waals surface area contributed by atoms with Gasteiger partial charge in [-0.05, 0) is 51.0 Å². The maximum atomic E-state index is 13.0. The van der Waals surface area contributed by atoms with Crippen molar-refractivity contribution in [2.75, 3.05) is 26.2 Å². The van der Waals surface area contributed by atoms with Crippen LogP contribution in [-0.4, -0.2) is 48.1 Å². The topological polar surface area (TPSA) is 69.6 Å². The molecule has 0 saturated carbocycles. The highest BCUT2D eigenvalue weighted by Gasteiger charge is 2.41. The van der Waals surface area contributed by atoms with E-state index >= 15 is 0 Å². The lowest BCUT2D eigenvalue weighted by Crippen LogP contribution is -2.53. The zero-order valence-corrected chi connectivity index (χ0v) is 13.1. The highest BCUT2D eigenvalue weighted by atomic mass is 16.4. The van der Waals surface area contributed by atoms with Gasteiger partial charge in [-0.25, -0.2) is 0 Å². The van der Waals surface area contributed by atoms with Crippen molar-refractivity contribution in [2.45, 2.75) is 51.9 Å². The number of amides is 1. The van der Waals surface area contributed by atoms with E-state index in [1.54, 1.807) is 0 Å². The summed E-state index contributed by atoms with van der Waals surface area (Å²) in [5.41, 5.74) is -0.229. The summed E-state index contributed by atoms with van der Waals surface area (Å²) in [6.07, 6.45) is 5.89. The third kappa shape index (κ3) is 3.96. The number of hydrogen-bond donors (Lipinski definition) is 2. The monoisotopic (exact) mass is 296 g/mol. The first kappa shape index (κ1) is 16.3. The minimum atomic E-state index is -0.736. The van der Waals surface area contributed by atoms with Crippen LogP contribution in [0.15, 0.2) is 0 Å². The predicted molar refractivity (Wildman–Crippen MR) is 81.0 cm³/mol. The number of nitrogens with zero attached hydrogens (tertiary/aromatic N) is 1. The van der Waals surface area contributed by atoms with Crippen LogP contribution in [0, 0.1) is 11.3 Å². The number of carboxylic acids is 1. The first-order chi connectivity index (χ1) is 10.1. The summed E-state index contributed by atoms with van der Waals surface area (Å²) < 4.78 is 0. The second-order valence-corrected chi connectivity index (χ2v) is 6.61. The van der Waals surface area contributed by atoms with Gasteiger partial charge in [0.2, 0.25) is 5.91 Å². The molecule has 2 aliphatic heterocycles.